The fourth-order valence-corrected chi connectivity index (χ4v) is 2.73. The first-order valence-electron chi connectivity index (χ1n) is 6.73. The highest BCUT2D eigenvalue weighted by Crippen LogP contribution is 2.11. The minimum Gasteiger partial charge on any atom is -0.476 e. The van der Waals surface area contributed by atoms with Crippen LogP contribution in [0.15, 0.2) is 29.6 Å². The lowest BCUT2D eigenvalue weighted by atomic mass is 10.1. The maximum Gasteiger partial charge on any atom is 0.355 e. The van der Waals surface area contributed by atoms with E-state index in [1.807, 2.05) is 12.1 Å². The van der Waals surface area contributed by atoms with Crippen LogP contribution < -0.4 is 5.32 Å². The third kappa shape index (κ3) is 5.13. The number of thiazole rings is 1. The van der Waals surface area contributed by atoms with Crippen molar-refractivity contribution in [3.63, 3.8) is 0 Å². The highest BCUT2D eigenvalue weighted by atomic mass is 35.5. The van der Waals surface area contributed by atoms with E-state index >= 15 is 0 Å². The van der Waals surface area contributed by atoms with Crippen molar-refractivity contribution in [2.24, 2.45) is 0 Å². The molecule has 0 saturated carbocycles. The first-order valence-corrected chi connectivity index (χ1v) is 7.99. The molecular formula is C15H15ClN2O3S. The maximum absolute atomic E-state index is 11.7. The van der Waals surface area contributed by atoms with Gasteiger partial charge in [0.2, 0.25) is 5.91 Å². The molecule has 0 bridgehead atoms. The Hall–Kier alpha value is -1.92. The molecule has 1 aromatic heterocycles. The van der Waals surface area contributed by atoms with Gasteiger partial charge in [0.25, 0.3) is 0 Å². The minimum atomic E-state index is -1.03. The summed E-state index contributed by atoms with van der Waals surface area (Å²) in [5.41, 5.74) is 1.11. The topological polar surface area (TPSA) is 79.3 Å². The van der Waals surface area contributed by atoms with Crippen LogP contribution in [0, 0.1) is 0 Å². The van der Waals surface area contributed by atoms with Crippen molar-refractivity contribution < 1.29 is 14.7 Å². The molecule has 116 valence electrons. The number of halogens is 1. The Morgan fingerprint density at radius 3 is 2.59 bits per heavy atom. The van der Waals surface area contributed by atoms with Crippen LogP contribution in [0.2, 0.25) is 5.02 Å². The summed E-state index contributed by atoms with van der Waals surface area (Å²) in [4.78, 5) is 26.4. The van der Waals surface area contributed by atoms with Crippen LogP contribution in [0.1, 0.15) is 27.5 Å². The summed E-state index contributed by atoms with van der Waals surface area (Å²) in [7, 11) is 0. The highest BCUT2D eigenvalue weighted by Gasteiger charge is 2.09. The number of nitrogens with one attached hydrogen (secondary N) is 1. The fraction of sp³-hybridized carbons (Fsp3) is 0.267. The molecule has 0 spiro atoms. The molecule has 0 radical (unpaired) electrons. The normalized spacial score (nSPS) is 10.4. The molecule has 0 atom stereocenters. The van der Waals surface area contributed by atoms with E-state index in [9.17, 15) is 9.59 Å². The van der Waals surface area contributed by atoms with Crippen LogP contribution >= 0.6 is 22.9 Å². The van der Waals surface area contributed by atoms with Gasteiger partial charge >= 0.3 is 5.97 Å². The molecule has 0 aliphatic heterocycles. The van der Waals surface area contributed by atoms with E-state index in [4.69, 9.17) is 16.7 Å². The van der Waals surface area contributed by atoms with Crippen molar-refractivity contribution in [2.75, 3.05) is 6.54 Å². The van der Waals surface area contributed by atoms with Gasteiger partial charge in [-0.2, -0.15) is 0 Å². The first-order chi connectivity index (χ1) is 10.5. The Balaban J connectivity index is 1.69. The van der Waals surface area contributed by atoms with Gasteiger partial charge in [-0.15, -0.1) is 11.3 Å². The molecule has 1 aromatic carbocycles. The number of amides is 1. The Bertz CT molecular complexity index is 655. The zero-order valence-corrected chi connectivity index (χ0v) is 13.3. The molecule has 0 unspecified atom stereocenters. The monoisotopic (exact) mass is 338 g/mol. The molecule has 2 N–H and O–H groups in total. The standard InChI is InChI=1S/C15H15ClN2O3S/c16-11-4-1-10(2-5-11)3-6-13(19)17-8-7-14-18-12(9-22-14)15(20)21/h1-2,4-5,9H,3,6-8H2,(H,17,19)(H,20,21). The largest absolute Gasteiger partial charge is 0.476 e. The van der Waals surface area contributed by atoms with Crippen molar-refractivity contribution >= 4 is 34.8 Å². The zero-order valence-electron chi connectivity index (χ0n) is 11.7. The van der Waals surface area contributed by atoms with Gasteiger partial charge in [0.1, 0.15) is 0 Å². The Morgan fingerprint density at radius 2 is 1.95 bits per heavy atom. The summed E-state index contributed by atoms with van der Waals surface area (Å²) in [5, 5.41) is 14.5. The number of carbonyl (C=O) groups excluding carboxylic acids is 1. The second kappa shape index (κ2) is 7.91. The molecule has 0 aliphatic carbocycles. The van der Waals surface area contributed by atoms with Gasteiger partial charge in [-0.1, -0.05) is 23.7 Å². The highest BCUT2D eigenvalue weighted by molar-refractivity contribution is 7.09. The van der Waals surface area contributed by atoms with Crippen molar-refractivity contribution in [3.05, 3.63) is 50.9 Å². The van der Waals surface area contributed by atoms with E-state index in [1.165, 1.54) is 16.7 Å². The van der Waals surface area contributed by atoms with Crippen LogP contribution in [0.5, 0.6) is 0 Å². The average molecular weight is 339 g/mol. The van der Waals surface area contributed by atoms with Crippen molar-refractivity contribution in [2.45, 2.75) is 19.3 Å². The van der Waals surface area contributed by atoms with Gasteiger partial charge in [-0.3, -0.25) is 4.79 Å². The quantitative estimate of drug-likeness (QED) is 0.813. The Kier molecular flexibility index (Phi) is 5.91. The second-order valence-electron chi connectivity index (χ2n) is 4.66. The van der Waals surface area contributed by atoms with Crippen molar-refractivity contribution in [3.8, 4) is 0 Å². The van der Waals surface area contributed by atoms with Crippen molar-refractivity contribution in [1.82, 2.24) is 10.3 Å². The molecule has 1 heterocycles. The van der Waals surface area contributed by atoms with E-state index < -0.39 is 5.97 Å². The van der Waals surface area contributed by atoms with E-state index in [0.29, 0.717) is 35.8 Å². The fourth-order valence-electron chi connectivity index (χ4n) is 1.83. The van der Waals surface area contributed by atoms with E-state index in [-0.39, 0.29) is 11.6 Å². The predicted molar refractivity (Wildman–Crippen MR) is 85.6 cm³/mol. The number of carbonyl (C=O) groups is 2. The number of rotatable bonds is 7. The molecule has 22 heavy (non-hydrogen) atoms. The lowest BCUT2D eigenvalue weighted by molar-refractivity contribution is -0.121. The van der Waals surface area contributed by atoms with Crippen LogP contribution in [-0.2, 0) is 17.6 Å². The number of nitrogens with zero attached hydrogens (tertiary/aromatic N) is 1. The van der Waals surface area contributed by atoms with Gasteiger partial charge in [0.15, 0.2) is 5.69 Å². The number of carboxylic acids is 1. The summed E-state index contributed by atoms with van der Waals surface area (Å²) in [6, 6.07) is 7.41. The lowest BCUT2D eigenvalue weighted by Crippen LogP contribution is -2.25. The SMILES string of the molecule is O=C(CCc1ccc(Cl)cc1)NCCc1nc(C(=O)O)cs1. The van der Waals surface area contributed by atoms with E-state index in [2.05, 4.69) is 10.3 Å². The average Bonchev–Trinajstić information content (AvgIpc) is 2.96. The molecular weight excluding hydrogens is 324 g/mol. The van der Waals surface area contributed by atoms with E-state index in [0.717, 1.165) is 5.56 Å². The third-order valence-corrected chi connectivity index (χ3v) is 4.15. The van der Waals surface area contributed by atoms with Gasteiger partial charge in [0.05, 0.1) is 5.01 Å². The molecule has 2 aromatic rings. The van der Waals surface area contributed by atoms with Crippen molar-refractivity contribution in [1.29, 1.82) is 0 Å². The Morgan fingerprint density at radius 1 is 1.23 bits per heavy atom. The summed E-state index contributed by atoms with van der Waals surface area (Å²) >= 11 is 7.09. The molecule has 5 nitrogen and oxygen atoms in total. The van der Waals surface area contributed by atoms with Crippen LogP contribution in [0.4, 0.5) is 0 Å². The van der Waals surface area contributed by atoms with Crippen LogP contribution in [0.25, 0.3) is 0 Å². The molecule has 0 saturated heterocycles. The smallest absolute Gasteiger partial charge is 0.355 e. The summed E-state index contributed by atoms with van der Waals surface area (Å²) < 4.78 is 0. The first kappa shape index (κ1) is 16.5. The number of carboxylic acid groups (broad SMARTS) is 1. The number of aromatic carboxylic acids is 1. The van der Waals surface area contributed by atoms with E-state index in [1.54, 1.807) is 12.1 Å². The molecule has 7 heteroatoms. The van der Waals surface area contributed by atoms with Gasteiger partial charge < -0.3 is 10.4 Å². The van der Waals surface area contributed by atoms with Crippen LogP contribution in [0.3, 0.4) is 0 Å². The summed E-state index contributed by atoms with van der Waals surface area (Å²) in [6.07, 6.45) is 1.59. The summed E-state index contributed by atoms with van der Waals surface area (Å²) in [5.74, 6) is -1.07. The lowest BCUT2D eigenvalue weighted by Gasteiger charge is -2.04. The number of hydrogen-bond donors (Lipinski definition) is 2. The maximum atomic E-state index is 11.7. The Labute approximate surface area is 137 Å². The molecule has 0 fully saturated rings. The van der Waals surface area contributed by atoms with Gasteiger partial charge in [0, 0.05) is 29.8 Å². The molecule has 0 aliphatic rings. The van der Waals surface area contributed by atoms with Gasteiger partial charge in [-0.25, -0.2) is 9.78 Å². The number of hydrogen-bond acceptors (Lipinski definition) is 4. The van der Waals surface area contributed by atoms with Gasteiger partial charge in [-0.05, 0) is 24.1 Å². The molecule has 1 amide bonds. The zero-order chi connectivity index (χ0) is 15.9. The summed E-state index contributed by atoms with van der Waals surface area (Å²) in [6.45, 7) is 0.450. The third-order valence-electron chi connectivity index (χ3n) is 2.99. The number of benzene rings is 1. The number of aromatic nitrogens is 1. The minimum absolute atomic E-state index is 0.0371. The predicted octanol–water partition coefficient (Wildman–Crippen LogP) is 2.79. The van der Waals surface area contributed by atoms with Crippen LogP contribution in [-0.4, -0.2) is 28.5 Å². The second-order valence-corrected chi connectivity index (χ2v) is 6.04. The number of aryl methyl sites for hydroxylation is 1. The molecule has 2 rings (SSSR count).